The number of benzene rings is 1. The van der Waals surface area contributed by atoms with E-state index >= 15 is 0 Å². The second-order valence-electron chi connectivity index (χ2n) is 3.82. The van der Waals surface area contributed by atoms with E-state index in [9.17, 15) is 14.0 Å². The van der Waals surface area contributed by atoms with E-state index in [1.807, 2.05) is 0 Å². The fourth-order valence-electron chi connectivity index (χ4n) is 1.42. The van der Waals surface area contributed by atoms with Crippen molar-refractivity contribution >= 4 is 17.7 Å². The van der Waals surface area contributed by atoms with Gasteiger partial charge in [0.25, 0.3) is 0 Å². The molecule has 1 aromatic carbocycles. The van der Waals surface area contributed by atoms with Crippen LogP contribution in [0, 0.1) is 12.7 Å². The Kier molecular flexibility index (Phi) is 4.65. The highest BCUT2D eigenvalue weighted by molar-refractivity contribution is 5.91. The molecule has 0 aliphatic heterocycles. The van der Waals surface area contributed by atoms with Crippen LogP contribution in [0.15, 0.2) is 18.2 Å². The van der Waals surface area contributed by atoms with Crippen LogP contribution in [0.25, 0.3) is 0 Å². The quantitative estimate of drug-likeness (QED) is 0.864. The summed E-state index contributed by atoms with van der Waals surface area (Å²) >= 11 is 0. The van der Waals surface area contributed by atoms with E-state index in [1.165, 1.54) is 12.1 Å². The molecule has 0 heterocycles. The third-order valence-electron chi connectivity index (χ3n) is 2.36. The number of hydrogen-bond donors (Lipinski definition) is 2. The summed E-state index contributed by atoms with van der Waals surface area (Å²) in [5.74, 6) is -1.67. The van der Waals surface area contributed by atoms with Crippen LogP contribution in [0.2, 0.25) is 0 Å². The first-order valence-corrected chi connectivity index (χ1v) is 5.48. The number of nitrogens with one attached hydrogen (secondary N) is 1. The molecule has 2 N–H and O–H groups in total. The van der Waals surface area contributed by atoms with Crippen molar-refractivity contribution in [3.8, 4) is 0 Å². The molecule has 2 amide bonds. The van der Waals surface area contributed by atoms with E-state index in [0.717, 1.165) is 10.5 Å². The van der Waals surface area contributed by atoms with Crippen molar-refractivity contribution in [1.82, 2.24) is 4.90 Å². The van der Waals surface area contributed by atoms with Crippen molar-refractivity contribution in [2.75, 3.05) is 18.4 Å². The molecule has 0 unspecified atom stereocenters. The zero-order valence-corrected chi connectivity index (χ0v) is 10.2. The minimum absolute atomic E-state index is 0.0452. The predicted octanol–water partition coefficient (Wildman–Crippen LogP) is 2.07. The lowest BCUT2D eigenvalue weighted by atomic mass is 10.2. The summed E-state index contributed by atoms with van der Waals surface area (Å²) in [5, 5.41) is 11.0. The number of carbonyl (C=O) groups excluding carboxylic acids is 1. The summed E-state index contributed by atoms with van der Waals surface area (Å²) in [6, 6.07) is 3.68. The topological polar surface area (TPSA) is 69.6 Å². The van der Waals surface area contributed by atoms with E-state index in [1.54, 1.807) is 19.9 Å². The minimum atomic E-state index is -1.11. The first-order valence-electron chi connectivity index (χ1n) is 5.48. The monoisotopic (exact) mass is 254 g/mol. The number of urea groups is 1. The molecule has 1 rings (SSSR count). The number of aryl methyl sites for hydroxylation is 1. The largest absolute Gasteiger partial charge is 0.480 e. The zero-order chi connectivity index (χ0) is 13.7. The van der Waals surface area contributed by atoms with Crippen LogP contribution in [0.1, 0.15) is 12.5 Å². The number of rotatable bonds is 4. The standard InChI is InChI=1S/C12H15FN2O3/c1-3-15(7-11(16)17)12(18)14-10-6-8(2)4-5-9(10)13/h4-6H,3,7H2,1-2H3,(H,14,18)(H,16,17). The summed E-state index contributed by atoms with van der Waals surface area (Å²) in [7, 11) is 0. The Balaban J connectivity index is 2.79. The van der Waals surface area contributed by atoms with E-state index in [-0.39, 0.29) is 12.2 Å². The zero-order valence-electron chi connectivity index (χ0n) is 10.2. The van der Waals surface area contributed by atoms with Crippen LogP contribution in [0.4, 0.5) is 14.9 Å². The highest BCUT2D eigenvalue weighted by Crippen LogP contribution is 2.16. The number of halogens is 1. The Hall–Kier alpha value is -2.11. The smallest absolute Gasteiger partial charge is 0.323 e. The Labute approximate surface area is 104 Å². The van der Waals surface area contributed by atoms with Gasteiger partial charge in [0.2, 0.25) is 0 Å². The number of carboxylic acid groups (broad SMARTS) is 1. The molecule has 0 atom stereocenters. The van der Waals surface area contributed by atoms with Gasteiger partial charge in [-0.1, -0.05) is 6.07 Å². The molecule has 18 heavy (non-hydrogen) atoms. The van der Waals surface area contributed by atoms with E-state index in [0.29, 0.717) is 0 Å². The van der Waals surface area contributed by atoms with Gasteiger partial charge in [-0.3, -0.25) is 4.79 Å². The van der Waals surface area contributed by atoms with Gasteiger partial charge in [-0.15, -0.1) is 0 Å². The second-order valence-corrected chi connectivity index (χ2v) is 3.82. The van der Waals surface area contributed by atoms with E-state index in [2.05, 4.69) is 5.32 Å². The lowest BCUT2D eigenvalue weighted by Gasteiger charge is -2.19. The van der Waals surface area contributed by atoms with Crippen molar-refractivity contribution in [3.63, 3.8) is 0 Å². The molecular weight excluding hydrogens is 239 g/mol. The third kappa shape index (κ3) is 3.73. The molecule has 0 fully saturated rings. The number of hydrogen-bond acceptors (Lipinski definition) is 2. The summed E-state index contributed by atoms with van der Waals surface area (Å²) in [5.41, 5.74) is 0.844. The Bertz CT molecular complexity index is 463. The molecule has 0 aliphatic carbocycles. The maximum Gasteiger partial charge on any atom is 0.323 e. The summed E-state index contributed by atoms with van der Waals surface area (Å²) in [6.07, 6.45) is 0. The molecule has 98 valence electrons. The van der Waals surface area contributed by atoms with E-state index in [4.69, 9.17) is 5.11 Å². The molecule has 0 aromatic heterocycles. The van der Waals surface area contributed by atoms with Gasteiger partial charge < -0.3 is 15.3 Å². The van der Waals surface area contributed by atoms with Crippen LogP contribution >= 0.6 is 0 Å². The Morgan fingerprint density at radius 1 is 1.44 bits per heavy atom. The lowest BCUT2D eigenvalue weighted by Crippen LogP contribution is -2.38. The van der Waals surface area contributed by atoms with Crippen LogP contribution in [0.5, 0.6) is 0 Å². The number of aliphatic carboxylic acids is 1. The summed E-state index contributed by atoms with van der Waals surface area (Å²) in [6.45, 7) is 3.22. The molecule has 0 spiro atoms. The third-order valence-corrected chi connectivity index (χ3v) is 2.36. The van der Waals surface area contributed by atoms with Crippen LogP contribution in [-0.2, 0) is 4.79 Å². The second kappa shape index (κ2) is 6.00. The van der Waals surface area contributed by atoms with Gasteiger partial charge in [0.1, 0.15) is 12.4 Å². The fourth-order valence-corrected chi connectivity index (χ4v) is 1.42. The molecule has 0 saturated heterocycles. The molecule has 0 aliphatic rings. The Morgan fingerprint density at radius 2 is 2.11 bits per heavy atom. The molecule has 1 aromatic rings. The van der Waals surface area contributed by atoms with Crippen molar-refractivity contribution in [2.45, 2.75) is 13.8 Å². The SMILES string of the molecule is CCN(CC(=O)O)C(=O)Nc1cc(C)ccc1F. The first-order chi connectivity index (χ1) is 8.43. The van der Waals surface area contributed by atoms with Gasteiger partial charge >= 0.3 is 12.0 Å². The molecule has 6 heteroatoms. The van der Waals surface area contributed by atoms with E-state index < -0.39 is 24.4 Å². The normalized spacial score (nSPS) is 9.94. The molecular formula is C12H15FN2O3. The molecule has 0 radical (unpaired) electrons. The fraction of sp³-hybridized carbons (Fsp3) is 0.333. The first kappa shape index (κ1) is 14.0. The minimum Gasteiger partial charge on any atom is -0.480 e. The Morgan fingerprint density at radius 3 is 2.67 bits per heavy atom. The number of carboxylic acids is 1. The van der Waals surface area contributed by atoms with Crippen LogP contribution < -0.4 is 5.32 Å². The number of anilines is 1. The average Bonchev–Trinajstić information content (AvgIpc) is 2.30. The molecule has 5 nitrogen and oxygen atoms in total. The number of carbonyl (C=O) groups is 2. The van der Waals surface area contributed by atoms with Crippen molar-refractivity contribution < 1.29 is 19.1 Å². The van der Waals surface area contributed by atoms with Gasteiger partial charge in [0, 0.05) is 6.54 Å². The van der Waals surface area contributed by atoms with Gasteiger partial charge in [0.05, 0.1) is 5.69 Å². The highest BCUT2D eigenvalue weighted by atomic mass is 19.1. The summed E-state index contributed by atoms with van der Waals surface area (Å²) in [4.78, 5) is 23.4. The van der Waals surface area contributed by atoms with Gasteiger partial charge in [-0.25, -0.2) is 9.18 Å². The average molecular weight is 254 g/mol. The molecule has 0 saturated carbocycles. The number of likely N-dealkylation sites (N-methyl/N-ethyl adjacent to an activating group) is 1. The van der Waals surface area contributed by atoms with Crippen LogP contribution in [-0.4, -0.2) is 35.1 Å². The molecule has 0 bridgehead atoms. The van der Waals surface area contributed by atoms with Crippen molar-refractivity contribution in [3.05, 3.63) is 29.6 Å². The van der Waals surface area contributed by atoms with Crippen molar-refractivity contribution in [2.24, 2.45) is 0 Å². The van der Waals surface area contributed by atoms with Crippen LogP contribution in [0.3, 0.4) is 0 Å². The number of amides is 2. The maximum atomic E-state index is 13.4. The maximum absolute atomic E-state index is 13.4. The van der Waals surface area contributed by atoms with Crippen molar-refractivity contribution in [1.29, 1.82) is 0 Å². The van der Waals surface area contributed by atoms with Gasteiger partial charge in [0.15, 0.2) is 0 Å². The predicted molar refractivity (Wildman–Crippen MR) is 65.0 cm³/mol. The highest BCUT2D eigenvalue weighted by Gasteiger charge is 2.16. The van der Waals surface area contributed by atoms with Gasteiger partial charge in [-0.05, 0) is 31.5 Å². The number of nitrogens with zero attached hydrogens (tertiary/aromatic N) is 1. The van der Waals surface area contributed by atoms with Gasteiger partial charge in [-0.2, -0.15) is 0 Å². The lowest BCUT2D eigenvalue weighted by molar-refractivity contribution is -0.137. The summed E-state index contributed by atoms with van der Waals surface area (Å²) < 4.78 is 13.4.